The molecule has 0 aliphatic rings. The summed E-state index contributed by atoms with van der Waals surface area (Å²) in [4.78, 5) is 4.22. The number of rotatable bonds is 2. The molecule has 2 aromatic carbocycles. The molecule has 0 saturated heterocycles. The zero-order valence-electron chi connectivity index (χ0n) is 9.78. The Bertz CT molecular complexity index is 732. The molecule has 0 radical (unpaired) electrons. The predicted octanol–water partition coefficient (Wildman–Crippen LogP) is 4.13. The molecule has 19 heavy (non-hydrogen) atoms. The van der Waals surface area contributed by atoms with Crippen LogP contribution < -0.4 is 0 Å². The Morgan fingerprint density at radius 1 is 1.05 bits per heavy atom. The molecular formula is C14H9BrF2N2. The smallest absolute Gasteiger partial charge is 0.131 e. The fourth-order valence-electron chi connectivity index (χ4n) is 2.06. The number of halogens is 3. The van der Waals surface area contributed by atoms with Crippen LogP contribution in [0.2, 0.25) is 0 Å². The van der Waals surface area contributed by atoms with Gasteiger partial charge in [0, 0.05) is 10.0 Å². The summed E-state index contributed by atoms with van der Waals surface area (Å²) < 4.78 is 29.9. The van der Waals surface area contributed by atoms with Gasteiger partial charge in [-0.3, -0.25) is 0 Å². The van der Waals surface area contributed by atoms with Crippen molar-refractivity contribution in [2.24, 2.45) is 0 Å². The molecule has 0 saturated carbocycles. The van der Waals surface area contributed by atoms with Crippen LogP contribution in [0.15, 0.2) is 47.2 Å². The molecule has 0 spiro atoms. The molecule has 1 aromatic heterocycles. The van der Waals surface area contributed by atoms with Gasteiger partial charge in [-0.15, -0.1) is 0 Å². The quantitative estimate of drug-likeness (QED) is 0.693. The largest absolute Gasteiger partial charge is 0.325 e. The van der Waals surface area contributed by atoms with E-state index in [0.29, 0.717) is 0 Å². The van der Waals surface area contributed by atoms with E-state index in [2.05, 4.69) is 20.9 Å². The van der Waals surface area contributed by atoms with Gasteiger partial charge in [-0.25, -0.2) is 13.8 Å². The summed E-state index contributed by atoms with van der Waals surface area (Å²) in [5.74, 6) is -1.09. The Balaban J connectivity index is 2.12. The van der Waals surface area contributed by atoms with Gasteiger partial charge in [0.15, 0.2) is 0 Å². The molecule has 0 atom stereocenters. The van der Waals surface area contributed by atoms with E-state index < -0.39 is 11.6 Å². The van der Waals surface area contributed by atoms with Crippen molar-refractivity contribution < 1.29 is 8.78 Å². The van der Waals surface area contributed by atoms with Gasteiger partial charge < -0.3 is 4.57 Å². The number of imidazole rings is 1. The minimum absolute atomic E-state index is 0.0394. The zero-order valence-corrected chi connectivity index (χ0v) is 11.4. The monoisotopic (exact) mass is 322 g/mol. The average Bonchev–Trinajstić information content (AvgIpc) is 2.79. The first kappa shape index (κ1) is 12.3. The molecule has 0 unspecified atom stereocenters. The maximum Gasteiger partial charge on any atom is 0.131 e. The summed E-state index contributed by atoms with van der Waals surface area (Å²) in [5.41, 5.74) is 1.65. The van der Waals surface area contributed by atoms with Gasteiger partial charge in [0.25, 0.3) is 0 Å². The number of hydrogen-bond acceptors (Lipinski definition) is 1. The van der Waals surface area contributed by atoms with E-state index in [1.165, 1.54) is 18.2 Å². The number of hydrogen-bond donors (Lipinski definition) is 0. The lowest BCUT2D eigenvalue weighted by Crippen LogP contribution is -2.03. The number of benzene rings is 2. The normalized spacial score (nSPS) is 11.1. The van der Waals surface area contributed by atoms with Crippen molar-refractivity contribution >= 4 is 27.0 Å². The lowest BCUT2D eigenvalue weighted by molar-refractivity contribution is 0.546. The Hall–Kier alpha value is -1.75. The van der Waals surface area contributed by atoms with Crippen molar-refractivity contribution in [2.75, 3.05) is 0 Å². The average molecular weight is 323 g/mol. The number of aromatic nitrogens is 2. The molecule has 96 valence electrons. The first-order chi connectivity index (χ1) is 9.16. The topological polar surface area (TPSA) is 17.8 Å². The van der Waals surface area contributed by atoms with Crippen LogP contribution in [0, 0.1) is 11.6 Å². The lowest BCUT2D eigenvalue weighted by atomic mass is 10.2. The second-order valence-corrected chi connectivity index (χ2v) is 5.03. The van der Waals surface area contributed by atoms with Crippen LogP contribution in [-0.4, -0.2) is 9.55 Å². The van der Waals surface area contributed by atoms with E-state index in [0.717, 1.165) is 15.5 Å². The molecule has 2 nitrogen and oxygen atoms in total. The molecule has 0 amide bonds. The van der Waals surface area contributed by atoms with Crippen molar-refractivity contribution in [3.63, 3.8) is 0 Å². The maximum absolute atomic E-state index is 13.7. The number of para-hydroxylation sites is 1. The Morgan fingerprint density at radius 3 is 2.47 bits per heavy atom. The summed E-state index contributed by atoms with van der Waals surface area (Å²) >= 11 is 3.43. The molecule has 3 aromatic rings. The van der Waals surface area contributed by atoms with Crippen LogP contribution in [-0.2, 0) is 6.54 Å². The van der Waals surface area contributed by atoms with Crippen LogP contribution in [0.25, 0.3) is 11.0 Å². The fraction of sp³-hybridized carbons (Fsp3) is 0.0714. The molecule has 3 rings (SSSR count). The third-order valence-corrected chi connectivity index (χ3v) is 3.62. The van der Waals surface area contributed by atoms with E-state index >= 15 is 0 Å². The molecular weight excluding hydrogens is 314 g/mol. The third kappa shape index (κ3) is 2.14. The highest BCUT2D eigenvalue weighted by Gasteiger charge is 2.12. The van der Waals surface area contributed by atoms with E-state index in [9.17, 15) is 8.78 Å². The molecule has 0 bridgehead atoms. The summed E-state index contributed by atoms with van der Waals surface area (Å²) in [7, 11) is 0. The summed E-state index contributed by atoms with van der Waals surface area (Å²) in [6.07, 6.45) is 1.58. The van der Waals surface area contributed by atoms with Gasteiger partial charge >= 0.3 is 0 Å². The molecule has 0 N–H and O–H groups in total. The van der Waals surface area contributed by atoms with Crippen molar-refractivity contribution in [2.45, 2.75) is 6.54 Å². The first-order valence-electron chi connectivity index (χ1n) is 5.69. The van der Waals surface area contributed by atoms with Gasteiger partial charge in [-0.2, -0.15) is 0 Å². The molecule has 0 fully saturated rings. The Labute approximate surface area is 116 Å². The van der Waals surface area contributed by atoms with Crippen molar-refractivity contribution in [1.29, 1.82) is 0 Å². The molecule has 1 heterocycles. The highest BCUT2D eigenvalue weighted by atomic mass is 79.9. The molecule has 5 heteroatoms. The molecule has 0 aliphatic carbocycles. The second-order valence-electron chi connectivity index (χ2n) is 4.18. The Kier molecular flexibility index (Phi) is 3.06. The summed E-state index contributed by atoms with van der Waals surface area (Å²) in [5, 5.41) is 0. The van der Waals surface area contributed by atoms with Gasteiger partial charge in [0.1, 0.15) is 11.6 Å². The van der Waals surface area contributed by atoms with Crippen molar-refractivity contribution in [1.82, 2.24) is 9.55 Å². The highest BCUT2D eigenvalue weighted by Crippen LogP contribution is 2.24. The molecule has 0 aliphatic heterocycles. The van der Waals surface area contributed by atoms with E-state index in [1.807, 2.05) is 18.2 Å². The van der Waals surface area contributed by atoms with E-state index in [-0.39, 0.29) is 12.1 Å². The first-order valence-corrected chi connectivity index (χ1v) is 6.48. The van der Waals surface area contributed by atoms with Crippen LogP contribution >= 0.6 is 15.9 Å². The van der Waals surface area contributed by atoms with Crippen LogP contribution in [0.1, 0.15) is 5.56 Å². The maximum atomic E-state index is 13.7. The second kappa shape index (κ2) is 4.74. The van der Waals surface area contributed by atoms with Crippen molar-refractivity contribution in [3.8, 4) is 0 Å². The minimum atomic E-state index is -0.547. The SMILES string of the molecule is Fc1cccc(F)c1Cn1cnc2cccc(Br)c21. The van der Waals surface area contributed by atoms with Gasteiger partial charge in [-0.1, -0.05) is 12.1 Å². The van der Waals surface area contributed by atoms with Crippen LogP contribution in [0.3, 0.4) is 0 Å². The number of nitrogens with zero attached hydrogens (tertiary/aromatic N) is 2. The zero-order chi connectivity index (χ0) is 13.4. The fourth-order valence-corrected chi connectivity index (χ4v) is 2.64. The summed E-state index contributed by atoms with van der Waals surface area (Å²) in [6, 6.07) is 9.47. The number of fused-ring (bicyclic) bond motifs is 1. The van der Waals surface area contributed by atoms with Gasteiger partial charge in [0.2, 0.25) is 0 Å². The third-order valence-electron chi connectivity index (χ3n) is 2.98. The minimum Gasteiger partial charge on any atom is -0.325 e. The lowest BCUT2D eigenvalue weighted by Gasteiger charge is -2.08. The Morgan fingerprint density at radius 2 is 1.74 bits per heavy atom. The van der Waals surface area contributed by atoms with E-state index in [1.54, 1.807) is 10.9 Å². The van der Waals surface area contributed by atoms with E-state index in [4.69, 9.17) is 0 Å². The summed E-state index contributed by atoms with van der Waals surface area (Å²) in [6.45, 7) is 0.109. The predicted molar refractivity (Wildman–Crippen MR) is 72.9 cm³/mol. The standard InChI is InChI=1S/C14H9BrF2N2/c15-10-3-1-6-13-14(10)19(8-18-13)7-9-11(16)4-2-5-12(9)17/h1-6,8H,7H2. The van der Waals surface area contributed by atoms with Crippen molar-refractivity contribution in [3.05, 3.63) is 64.4 Å². The van der Waals surface area contributed by atoms with Crippen LogP contribution in [0.5, 0.6) is 0 Å². The van der Waals surface area contributed by atoms with Crippen LogP contribution in [0.4, 0.5) is 8.78 Å². The highest BCUT2D eigenvalue weighted by molar-refractivity contribution is 9.10. The van der Waals surface area contributed by atoms with Gasteiger partial charge in [0.05, 0.1) is 23.9 Å². The van der Waals surface area contributed by atoms with Gasteiger partial charge in [-0.05, 0) is 40.2 Å².